The third kappa shape index (κ3) is 2.78. The Balaban J connectivity index is 1.93. The number of alkyl halides is 6. The molecule has 0 spiro atoms. The second kappa shape index (κ2) is 5.54. The molecular formula is C19H28F6O. The van der Waals surface area contributed by atoms with Crippen LogP contribution < -0.4 is 0 Å². The molecule has 7 heteroatoms. The van der Waals surface area contributed by atoms with Gasteiger partial charge in [0.2, 0.25) is 0 Å². The van der Waals surface area contributed by atoms with E-state index < -0.39 is 30.3 Å². The van der Waals surface area contributed by atoms with Gasteiger partial charge in [0.15, 0.2) is 0 Å². The van der Waals surface area contributed by atoms with E-state index in [-0.39, 0.29) is 22.7 Å². The minimum absolute atomic E-state index is 0.0414. The Morgan fingerprint density at radius 1 is 0.846 bits per heavy atom. The number of hydrogen-bond donors (Lipinski definition) is 1. The van der Waals surface area contributed by atoms with Crippen molar-refractivity contribution in [2.24, 2.45) is 40.4 Å². The lowest BCUT2D eigenvalue weighted by molar-refractivity contribution is -0.373. The molecule has 0 aliphatic heterocycles. The number of halogens is 6. The van der Waals surface area contributed by atoms with Crippen LogP contribution in [0.15, 0.2) is 0 Å². The molecule has 0 heterocycles. The zero-order chi connectivity index (χ0) is 19.9. The van der Waals surface area contributed by atoms with Crippen molar-refractivity contribution in [2.45, 2.75) is 77.8 Å². The molecule has 1 nitrogen and oxygen atoms in total. The highest BCUT2D eigenvalue weighted by Crippen LogP contribution is 2.74. The fourth-order valence-electron chi connectivity index (χ4n) is 6.43. The van der Waals surface area contributed by atoms with Crippen LogP contribution in [0, 0.1) is 40.4 Å². The molecule has 3 rings (SSSR count). The summed E-state index contributed by atoms with van der Waals surface area (Å²) in [7, 11) is 0. The minimum atomic E-state index is -5.72. The number of rotatable bonds is 2. The molecule has 3 saturated carbocycles. The predicted octanol–water partition coefficient (Wildman–Crippen LogP) is 5.97. The lowest BCUT2D eigenvalue weighted by Gasteiger charge is -2.42. The van der Waals surface area contributed by atoms with Gasteiger partial charge in [-0.2, -0.15) is 26.3 Å². The normalized spacial score (nSPS) is 39.1. The minimum Gasteiger partial charge on any atom is -0.374 e. The van der Waals surface area contributed by atoms with Gasteiger partial charge < -0.3 is 5.11 Å². The lowest BCUT2D eigenvalue weighted by Crippen LogP contribution is -2.58. The Kier molecular flexibility index (Phi) is 4.32. The molecule has 26 heavy (non-hydrogen) atoms. The van der Waals surface area contributed by atoms with Crippen molar-refractivity contribution >= 4 is 0 Å². The Labute approximate surface area is 150 Å². The van der Waals surface area contributed by atoms with Crippen LogP contribution in [0.1, 0.15) is 59.8 Å². The molecule has 0 radical (unpaired) electrons. The second-order valence-corrected chi connectivity index (χ2v) is 10.1. The molecule has 0 amide bonds. The van der Waals surface area contributed by atoms with Gasteiger partial charge in [0, 0.05) is 0 Å². The molecule has 0 saturated heterocycles. The highest BCUT2D eigenvalue weighted by Gasteiger charge is 2.73. The number of aliphatic hydroxyl groups is 1. The highest BCUT2D eigenvalue weighted by molar-refractivity contribution is 5.16. The fraction of sp³-hybridized carbons (Fsp3) is 1.00. The van der Waals surface area contributed by atoms with Gasteiger partial charge in [-0.25, -0.2) is 0 Å². The molecule has 0 aromatic heterocycles. The summed E-state index contributed by atoms with van der Waals surface area (Å²) in [6.45, 7) is 8.53. The summed E-state index contributed by atoms with van der Waals surface area (Å²) in [6, 6.07) is 0. The second-order valence-electron chi connectivity index (χ2n) is 10.1. The summed E-state index contributed by atoms with van der Waals surface area (Å²) in [6.07, 6.45) is -10.3. The SMILES string of the molecule is CC1(C)CCC2C(CC(O)(C(F)(F)F)C(F)(F)F)CCC1C1C2C1(C)C. The smallest absolute Gasteiger partial charge is 0.374 e. The van der Waals surface area contributed by atoms with Gasteiger partial charge in [0.1, 0.15) is 0 Å². The summed E-state index contributed by atoms with van der Waals surface area (Å²) in [4.78, 5) is 0. The Hall–Kier alpha value is -0.460. The van der Waals surface area contributed by atoms with Gasteiger partial charge in [-0.1, -0.05) is 27.7 Å². The van der Waals surface area contributed by atoms with Gasteiger partial charge in [0.05, 0.1) is 0 Å². The standard InChI is InChI=1S/C19H28F6O/c1-15(2)8-7-11-10(5-6-12(15)14-13(11)16(14,3)4)9-17(26,18(20,21)22)19(23,24)25/h10-14,26H,5-9H2,1-4H3. The van der Waals surface area contributed by atoms with Crippen LogP contribution >= 0.6 is 0 Å². The largest absolute Gasteiger partial charge is 0.426 e. The van der Waals surface area contributed by atoms with E-state index in [9.17, 15) is 31.4 Å². The van der Waals surface area contributed by atoms with Crippen LogP contribution in [-0.4, -0.2) is 23.1 Å². The molecule has 2 bridgehead atoms. The van der Waals surface area contributed by atoms with E-state index in [0.29, 0.717) is 31.1 Å². The molecule has 5 atom stereocenters. The van der Waals surface area contributed by atoms with Gasteiger partial charge in [-0.05, 0) is 72.5 Å². The van der Waals surface area contributed by atoms with Crippen LogP contribution in [0.25, 0.3) is 0 Å². The van der Waals surface area contributed by atoms with Crippen LogP contribution in [-0.2, 0) is 0 Å². The van der Waals surface area contributed by atoms with Crippen LogP contribution in [0.2, 0.25) is 0 Å². The average molecular weight is 386 g/mol. The maximum absolute atomic E-state index is 13.2. The number of hydrogen-bond acceptors (Lipinski definition) is 1. The first kappa shape index (κ1) is 20.3. The topological polar surface area (TPSA) is 20.2 Å². The fourth-order valence-corrected chi connectivity index (χ4v) is 6.43. The highest BCUT2D eigenvalue weighted by atomic mass is 19.4. The first-order valence-electron chi connectivity index (χ1n) is 9.40. The molecule has 152 valence electrons. The van der Waals surface area contributed by atoms with Crippen LogP contribution in [0.5, 0.6) is 0 Å². The van der Waals surface area contributed by atoms with E-state index in [1.54, 1.807) is 0 Å². The maximum atomic E-state index is 13.2. The molecule has 0 aromatic rings. The van der Waals surface area contributed by atoms with E-state index >= 15 is 0 Å². The first-order chi connectivity index (χ1) is 11.5. The van der Waals surface area contributed by atoms with E-state index in [0.717, 1.165) is 6.42 Å². The Bertz CT molecular complexity index is 547. The van der Waals surface area contributed by atoms with Gasteiger partial charge >= 0.3 is 12.4 Å². The van der Waals surface area contributed by atoms with Gasteiger partial charge in [0.25, 0.3) is 5.60 Å². The summed E-state index contributed by atoms with van der Waals surface area (Å²) < 4.78 is 79.1. The van der Waals surface area contributed by atoms with Crippen molar-refractivity contribution in [2.75, 3.05) is 0 Å². The van der Waals surface area contributed by atoms with Crippen molar-refractivity contribution in [3.63, 3.8) is 0 Å². The van der Waals surface area contributed by atoms with Gasteiger partial charge in [-0.15, -0.1) is 0 Å². The quantitative estimate of drug-likeness (QED) is 0.580. The maximum Gasteiger partial charge on any atom is 0.426 e. The Morgan fingerprint density at radius 3 is 1.88 bits per heavy atom. The van der Waals surface area contributed by atoms with Gasteiger partial charge in [-0.3, -0.25) is 0 Å². The summed E-state index contributed by atoms with van der Waals surface area (Å²) >= 11 is 0. The molecule has 5 unspecified atom stereocenters. The predicted molar refractivity (Wildman–Crippen MR) is 85.2 cm³/mol. The first-order valence-corrected chi connectivity index (χ1v) is 9.40. The zero-order valence-corrected chi connectivity index (χ0v) is 15.6. The molecule has 0 aromatic carbocycles. The monoisotopic (exact) mass is 386 g/mol. The van der Waals surface area contributed by atoms with Crippen LogP contribution in [0.4, 0.5) is 26.3 Å². The van der Waals surface area contributed by atoms with E-state index in [1.807, 2.05) is 0 Å². The van der Waals surface area contributed by atoms with E-state index in [1.165, 1.54) is 0 Å². The van der Waals surface area contributed by atoms with E-state index in [4.69, 9.17) is 0 Å². The van der Waals surface area contributed by atoms with E-state index in [2.05, 4.69) is 27.7 Å². The summed E-state index contributed by atoms with van der Waals surface area (Å²) in [5, 5.41) is 9.71. The summed E-state index contributed by atoms with van der Waals surface area (Å²) in [5.41, 5.74) is -4.60. The third-order valence-electron chi connectivity index (χ3n) is 7.97. The van der Waals surface area contributed by atoms with Crippen molar-refractivity contribution < 1.29 is 31.4 Å². The van der Waals surface area contributed by atoms with Crippen molar-refractivity contribution in [3.8, 4) is 0 Å². The Morgan fingerprint density at radius 2 is 1.38 bits per heavy atom. The van der Waals surface area contributed by atoms with Crippen molar-refractivity contribution in [3.05, 3.63) is 0 Å². The molecule has 3 aliphatic rings. The molecule has 3 fully saturated rings. The third-order valence-corrected chi connectivity index (χ3v) is 7.97. The molecule has 1 N–H and O–H groups in total. The van der Waals surface area contributed by atoms with Crippen LogP contribution in [0.3, 0.4) is 0 Å². The zero-order valence-electron chi connectivity index (χ0n) is 15.6. The average Bonchev–Trinajstić information content (AvgIpc) is 3.05. The van der Waals surface area contributed by atoms with Crippen molar-refractivity contribution in [1.29, 1.82) is 0 Å². The molecule has 3 aliphatic carbocycles. The lowest BCUT2D eigenvalue weighted by atomic mass is 9.65. The summed E-state index contributed by atoms with van der Waals surface area (Å²) in [5.74, 6) is -0.0913. The van der Waals surface area contributed by atoms with Crippen molar-refractivity contribution in [1.82, 2.24) is 0 Å². The molecular weight excluding hydrogens is 358 g/mol.